The van der Waals surface area contributed by atoms with Crippen LogP contribution in [0.5, 0.6) is 0 Å². The van der Waals surface area contributed by atoms with Crippen LogP contribution in [0.15, 0.2) is 170 Å². The Labute approximate surface area is 322 Å². The average Bonchev–Trinajstić information content (AvgIpc) is 3.89. The minimum atomic E-state index is 0.550. The summed E-state index contributed by atoms with van der Waals surface area (Å²) in [5.41, 5.74) is 13.7. The molecule has 0 aliphatic heterocycles. The second kappa shape index (κ2) is 12.1. The molecule has 0 bridgehead atoms. The van der Waals surface area contributed by atoms with Crippen LogP contribution in [0.25, 0.3) is 98.5 Å². The van der Waals surface area contributed by atoms with Crippen molar-refractivity contribution in [3.63, 3.8) is 0 Å². The van der Waals surface area contributed by atoms with E-state index < -0.39 is 0 Å². The molecule has 0 fully saturated rings. The van der Waals surface area contributed by atoms with E-state index >= 15 is 0 Å². The number of aromatic nitrogens is 3. The Morgan fingerprint density at radius 3 is 1.50 bits per heavy atom. The summed E-state index contributed by atoms with van der Waals surface area (Å²) in [5, 5.41) is 17.7. The lowest BCUT2D eigenvalue weighted by Gasteiger charge is -2.15. The van der Waals surface area contributed by atoms with Gasteiger partial charge in [0.1, 0.15) is 6.07 Å². The van der Waals surface area contributed by atoms with Crippen molar-refractivity contribution in [2.24, 2.45) is 0 Å². The zero-order chi connectivity index (χ0) is 37.5. The van der Waals surface area contributed by atoms with Gasteiger partial charge in [0.2, 0.25) is 0 Å². The maximum atomic E-state index is 10.8. The van der Waals surface area contributed by atoms with Crippen molar-refractivity contribution in [1.82, 2.24) is 13.7 Å². The largest absolute Gasteiger partial charge is 0.309 e. The molecule has 0 atom stereocenters. The van der Waals surface area contributed by atoms with Gasteiger partial charge in [-0.1, -0.05) is 103 Å². The van der Waals surface area contributed by atoms with Gasteiger partial charge in [-0.15, -0.1) is 0 Å². The van der Waals surface area contributed by atoms with Crippen molar-refractivity contribution in [3.8, 4) is 34.3 Å². The van der Waals surface area contributed by atoms with E-state index in [-0.39, 0.29) is 0 Å². The fourth-order valence-corrected chi connectivity index (χ4v) is 9.00. The molecule has 0 aliphatic rings. The highest BCUT2D eigenvalue weighted by atomic mass is 15.0. The summed E-state index contributed by atoms with van der Waals surface area (Å²) in [7, 11) is 0. The van der Waals surface area contributed by atoms with Gasteiger partial charge in [-0.05, 0) is 90.3 Å². The SMILES string of the molecule is [C-]#[N+]c1ccc2c3c(-n4c5ccccc5c5ccccc54)cccc3n(-c3ccc(-c4ccc(-n5c6ccccc6c6ccccc65)c(C)c4)cc3C#N)c2c1. The summed E-state index contributed by atoms with van der Waals surface area (Å²) < 4.78 is 6.86. The molecule has 5 heteroatoms. The van der Waals surface area contributed by atoms with Crippen LogP contribution in [-0.2, 0) is 0 Å². The number of para-hydroxylation sites is 4. The topological polar surface area (TPSA) is 42.9 Å². The summed E-state index contributed by atoms with van der Waals surface area (Å²) in [4.78, 5) is 3.81. The third-order valence-corrected chi connectivity index (χ3v) is 11.4. The van der Waals surface area contributed by atoms with Crippen molar-refractivity contribution in [2.75, 3.05) is 0 Å². The lowest BCUT2D eigenvalue weighted by atomic mass is 9.99. The first-order valence-electron chi connectivity index (χ1n) is 18.7. The second-order valence-corrected chi connectivity index (χ2v) is 14.4. The molecule has 3 heterocycles. The normalized spacial score (nSPS) is 11.6. The number of hydrogen-bond acceptors (Lipinski definition) is 1. The second-order valence-electron chi connectivity index (χ2n) is 14.4. The van der Waals surface area contributed by atoms with E-state index in [1.807, 2.05) is 18.2 Å². The Morgan fingerprint density at radius 2 is 0.946 bits per heavy atom. The number of hydrogen-bond donors (Lipinski definition) is 0. The van der Waals surface area contributed by atoms with Crippen molar-refractivity contribution >= 4 is 71.1 Å². The van der Waals surface area contributed by atoms with Crippen LogP contribution in [0.2, 0.25) is 0 Å². The fourth-order valence-electron chi connectivity index (χ4n) is 9.00. The van der Waals surface area contributed by atoms with Crippen LogP contribution in [0.4, 0.5) is 5.69 Å². The zero-order valence-electron chi connectivity index (χ0n) is 30.4. The molecule has 0 radical (unpaired) electrons. The molecule has 0 saturated carbocycles. The predicted molar refractivity (Wildman–Crippen MR) is 231 cm³/mol. The maximum Gasteiger partial charge on any atom is 0.189 e. The first-order chi connectivity index (χ1) is 27.6. The van der Waals surface area contributed by atoms with Gasteiger partial charge in [-0.25, -0.2) is 4.85 Å². The Hall–Kier alpha value is -7.86. The molecule has 0 spiro atoms. The van der Waals surface area contributed by atoms with Crippen molar-refractivity contribution in [3.05, 3.63) is 192 Å². The van der Waals surface area contributed by atoms with Gasteiger partial charge in [0, 0.05) is 43.5 Å². The summed E-state index contributed by atoms with van der Waals surface area (Å²) in [5.74, 6) is 0. The minimum Gasteiger partial charge on any atom is -0.309 e. The van der Waals surface area contributed by atoms with Gasteiger partial charge in [-0.2, -0.15) is 5.26 Å². The molecule has 0 saturated heterocycles. The monoisotopic (exact) mass is 713 g/mol. The van der Waals surface area contributed by atoms with E-state index in [2.05, 4.69) is 183 Å². The van der Waals surface area contributed by atoms with Crippen molar-refractivity contribution < 1.29 is 0 Å². The van der Waals surface area contributed by atoms with Crippen LogP contribution < -0.4 is 0 Å². The lowest BCUT2D eigenvalue weighted by Crippen LogP contribution is -2.00. The van der Waals surface area contributed by atoms with E-state index in [0.29, 0.717) is 11.3 Å². The molecular formula is C51H31N5. The Balaban J connectivity index is 1.10. The summed E-state index contributed by atoms with van der Waals surface area (Å²) in [6, 6.07) is 61.7. The molecule has 3 aromatic heterocycles. The molecular weight excluding hydrogens is 683 g/mol. The van der Waals surface area contributed by atoms with E-state index in [1.54, 1.807) is 0 Å². The van der Waals surface area contributed by atoms with E-state index in [0.717, 1.165) is 66.6 Å². The summed E-state index contributed by atoms with van der Waals surface area (Å²) in [6.07, 6.45) is 0. The number of fused-ring (bicyclic) bond motifs is 9. The number of rotatable bonds is 4. The molecule has 11 rings (SSSR count). The maximum absolute atomic E-state index is 10.8. The molecule has 0 aliphatic carbocycles. The molecule has 11 aromatic rings. The predicted octanol–water partition coefficient (Wildman–Crippen LogP) is 13.4. The standard InChI is InChI=1S/C51H31N5/c1-32-28-33(22-26-42(32)54-44-16-7-3-12-37(44)38-13-4-8-17-45(38)54)34-23-27-43(35(29-34)31-52)55-48-20-11-21-49(51(48)41-25-24-36(53-2)30-50(41)55)56-46-18-9-5-14-39(46)40-15-6-10-19-47(40)56/h3-30H,1H3. The van der Waals surface area contributed by atoms with Gasteiger partial charge in [0.05, 0.1) is 51.1 Å². The van der Waals surface area contributed by atoms with Crippen LogP contribution in [0.1, 0.15) is 11.1 Å². The summed E-state index contributed by atoms with van der Waals surface area (Å²) >= 11 is 0. The molecule has 0 unspecified atom stereocenters. The average molecular weight is 714 g/mol. The van der Waals surface area contributed by atoms with Gasteiger partial charge in [0.15, 0.2) is 5.69 Å². The third-order valence-electron chi connectivity index (χ3n) is 11.4. The van der Waals surface area contributed by atoms with E-state index in [4.69, 9.17) is 6.57 Å². The summed E-state index contributed by atoms with van der Waals surface area (Å²) in [6.45, 7) is 10.0. The van der Waals surface area contributed by atoms with Crippen LogP contribution in [0, 0.1) is 24.8 Å². The fraction of sp³-hybridized carbons (Fsp3) is 0.0196. The van der Waals surface area contributed by atoms with Crippen LogP contribution in [0.3, 0.4) is 0 Å². The third kappa shape index (κ3) is 4.46. The Kier molecular flexibility index (Phi) is 6.83. The molecule has 0 amide bonds. The Bertz CT molecular complexity index is 3420. The van der Waals surface area contributed by atoms with Crippen molar-refractivity contribution in [1.29, 1.82) is 5.26 Å². The molecule has 8 aromatic carbocycles. The number of nitrogens with zero attached hydrogens (tertiary/aromatic N) is 5. The Morgan fingerprint density at radius 1 is 0.446 bits per heavy atom. The van der Waals surface area contributed by atoms with Crippen LogP contribution >= 0.6 is 0 Å². The smallest absolute Gasteiger partial charge is 0.189 e. The van der Waals surface area contributed by atoms with E-state index in [1.165, 1.54) is 32.6 Å². The quantitative estimate of drug-likeness (QED) is 0.167. The zero-order valence-corrected chi connectivity index (χ0v) is 30.4. The van der Waals surface area contributed by atoms with Gasteiger partial charge >= 0.3 is 0 Å². The first-order valence-corrected chi connectivity index (χ1v) is 18.7. The number of benzene rings is 8. The van der Waals surface area contributed by atoms with E-state index in [9.17, 15) is 5.26 Å². The molecule has 5 nitrogen and oxygen atoms in total. The molecule has 260 valence electrons. The minimum absolute atomic E-state index is 0.550. The highest BCUT2D eigenvalue weighted by molar-refractivity contribution is 6.17. The van der Waals surface area contributed by atoms with Gasteiger partial charge < -0.3 is 13.7 Å². The molecule has 0 N–H and O–H groups in total. The highest BCUT2D eigenvalue weighted by Gasteiger charge is 2.21. The van der Waals surface area contributed by atoms with Gasteiger partial charge in [-0.3, -0.25) is 0 Å². The highest BCUT2D eigenvalue weighted by Crippen LogP contribution is 2.42. The number of aryl methyl sites for hydroxylation is 1. The lowest BCUT2D eigenvalue weighted by molar-refractivity contribution is 1.15. The van der Waals surface area contributed by atoms with Gasteiger partial charge in [0.25, 0.3) is 0 Å². The molecule has 56 heavy (non-hydrogen) atoms. The van der Waals surface area contributed by atoms with Crippen molar-refractivity contribution in [2.45, 2.75) is 6.92 Å². The number of nitriles is 1. The first kappa shape index (κ1) is 31.6. The van der Waals surface area contributed by atoms with Crippen LogP contribution in [-0.4, -0.2) is 13.7 Å².